The van der Waals surface area contributed by atoms with E-state index in [4.69, 9.17) is 4.74 Å². The average Bonchev–Trinajstić information content (AvgIpc) is 2.79. The number of hydrogen-bond acceptors (Lipinski definition) is 4. The molecule has 0 radical (unpaired) electrons. The monoisotopic (exact) mass is 261 g/mol. The Kier molecular flexibility index (Phi) is 2.93. The first-order valence-electron chi connectivity index (χ1n) is 5.95. The number of aryl methyl sites for hydroxylation is 1. The van der Waals surface area contributed by atoms with Crippen LogP contribution in [0.25, 0.3) is 11.3 Å². The first-order valence-corrected chi connectivity index (χ1v) is 6.83. The van der Waals surface area contributed by atoms with E-state index in [1.807, 2.05) is 0 Å². The second kappa shape index (κ2) is 4.46. The fraction of sp³-hybridized carbons (Fsp3) is 0.357. The van der Waals surface area contributed by atoms with Gasteiger partial charge in [-0.1, -0.05) is 29.8 Å². The summed E-state index contributed by atoms with van der Waals surface area (Å²) in [7, 11) is 0. The number of hydrogen-bond donors (Lipinski definition) is 1. The van der Waals surface area contributed by atoms with Crippen molar-refractivity contribution >= 4 is 11.3 Å². The van der Waals surface area contributed by atoms with Crippen LogP contribution in [-0.4, -0.2) is 29.9 Å². The molecule has 1 aliphatic rings. The van der Waals surface area contributed by atoms with Crippen LogP contribution in [0, 0.1) is 6.92 Å². The van der Waals surface area contributed by atoms with Crippen LogP contribution < -0.4 is 0 Å². The van der Waals surface area contributed by atoms with E-state index in [2.05, 4.69) is 41.6 Å². The molecule has 0 spiro atoms. The first-order chi connectivity index (χ1) is 8.73. The Bertz CT molecular complexity index is 538. The molecule has 0 saturated carbocycles. The third kappa shape index (κ3) is 1.86. The van der Waals surface area contributed by atoms with Gasteiger partial charge >= 0.3 is 0 Å². The smallest absolute Gasteiger partial charge is 0.106 e. The molecule has 1 fully saturated rings. The molecule has 4 heteroatoms. The minimum Gasteiger partial charge on any atom is -0.395 e. The van der Waals surface area contributed by atoms with Crippen molar-refractivity contribution in [3.05, 3.63) is 40.2 Å². The van der Waals surface area contributed by atoms with Crippen molar-refractivity contribution in [1.29, 1.82) is 0 Å². The summed E-state index contributed by atoms with van der Waals surface area (Å²) >= 11 is 1.60. The van der Waals surface area contributed by atoms with Crippen molar-refractivity contribution in [1.82, 2.24) is 4.98 Å². The lowest BCUT2D eigenvalue weighted by Crippen LogP contribution is -2.49. The van der Waals surface area contributed by atoms with E-state index in [-0.39, 0.29) is 12.0 Å². The topological polar surface area (TPSA) is 42.4 Å². The molecule has 1 N–H and O–H groups in total. The van der Waals surface area contributed by atoms with E-state index >= 15 is 0 Å². The second-order valence-corrected chi connectivity index (χ2v) is 5.69. The Labute approximate surface area is 110 Å². The Hall–Kier alpha value is -1.23. The van der Waals surface area contributed by atoms with Crippen LogP contribution in [0.4, 0.5) is 0 Å². The fourth-order valence-corrected chi connectivity index (χ4v) is 3.00. The molecule has 2 heterocycles. The predicted octanol–water partition coefficient (Wildman–Crippen LogP) is 2.38. The van der Waals surface area contributed by atoms with Crippen molar-refractivity contribution in [2.24, 2.45) is 0 Å². The third-order valence-corrected chi connectivity index (χ3v) is 4.45. The van der Waals surface area contributed by atoms with Crippen LogP contribution >= 0.6 is 11.3 Å². The molecule has 18 heavy (non-hydrogen) atoms. The summed E-state index contributed by atoms with van der Waals surface area (Å²) < 4.78 is 5.22. The fourth-order valence-electron chi connectivity index (χ4n) is 2.01. The zero-order valence-electron chi connectivity index (χ0n) is 10.2. The maximum Gasteiger partial charge on any atom is 0.106 e. The number of rotatable bonds is 3. The van der Waals surface area contributed by atoms with Crippen molar-refractivity contribution in [3.63, 3.8) is 0 Å². The number of nitrogens with zero attached hydrogens (tertiary/aromatic N) is 1. The summed E-state index contributed by atoms with van der Waals surface area (Å²) in [5, 5.41) is 12.5. The number of aliphatic hydroxyl groups is 1. The molecule has 1 saturated heterocycles. The highest BCUT2D eigenvalue weighted by atomic mass is 32.1. The van der Waals surface area contributed by atoms with E-state index in [0.29, 0.717) is 13.2 Å². The van der Waals surface area contributed by atoms with Gasteiger partial charge in [0.25, 0.3) is 0 Å². The lowest BCUT2D eigenvalue weighted by molar-refractivity contribution is -0.0841. The van der Waals surface area contributed by atoms with Gasteiger partial charge in [-0.2, -0.15) is 0 Å². The van der Waals surface area contributed by atoms with Gasteiger partial charge in [-0.3, -0.25) is 0 Å². The van der Waals surface area contributed by atoms with Gasteiger partial charge in [-0.05, 0) is 6.92 Å². The number of ether oxygens (including phenoxy) is 1. The zero-order valence-corrected chi connectivity index (χ0v) is 11.0. The molecule has 0 aliphatic carbocycles. The molecule has 1 aromatic heterocycles. The number of benzene rings is 1. The molecule has 0 bridgehead atoms. The standard InChI is InChI=1S/C14H15NO2S/c1-10-2-4-11(5-3-10)12-6-18-13(15-12)14(7-16)8-17-9-14/h2-6,16H,7-9H2,1H3. The van der Waals surface area contributed by atoms with Crippen molar-refractivity contribution < 1.29 is 9.84 Å². The largest absolute Gasteiger partial charge is 0.395 e. The summed E-state index contributed by atoms with van der Waals surface area (Å²) in [5.41, 5.74) is 3.09. The summed E-state index contributed by atoms with van der Waals surface area (Å²) in [6.07, 6.45) is 0. The van der Waals surface area contributed by atoms with Crippen molar-refractivity contribution in [2.75, 3.05) is 19.8 Å². The molecule has 0 amide bonds. The summed E-state index contributed by atoms with van der Waals surface area (Å²) in [5.74, 6) is 0. The predicted molar refractivity (Wildman–Crippen MR) is 71.9 cm³/mol. The maximum atomic E-state index is 9.49. The quantitative estimate of drug-likeness (QED) is 0.922. The van der Waals surface area contributed by atoms with Gasteiger partial charge in [0.1, 0.15) is 5.01 Å². The molecular weight excluding hydrogens is 246 g/mol. The van der Waals surface area contributed by atoms with Gasteiger partial charge in [0.2, 0.25) is 0 Å². The molecule has 3 rings (SSSR count). The van der Waals surface area contributed by atoms with E-state index in [0.717, 1.165) is 16.3 Å². The third-order valence-electron chi connectivity index (χ3n) is 3.36. The lowest BCUT2D eigenvalue weighted by atomic mass is 9.88. The minimum absolute atomic E-state index is 0.105. The van der Waals surface area contributed by atoms with Crippen LogP contribution in [0.2, 0.25) is 0 Å². The minimum atomic E-state index is -0.256. The molecule has 1 aromatic carbocycles. The molecule has 3 nitrogen and oxygen atoms in total. The van der Waals surface area contributed by atoms with Gasteiger partial charge in [-0.15, -0.1) is 11.3 Å². The number of aliphatic hydroxyl groups excluding tert-OH is 1. The highest BCUT2D eigenvalue weighted by molar-refractivity contribution is 7.10. The highest BCUT2D eigenvalue weighted by Gasteiger charge is 2.42. The number of aromatic nitrogens is 1. The number of thiazole rings is 1. The van der Waals surface area contributed by atoms with Gasteiger partial charge in [0, 0.05) is 10.9 Å². The molecule has 0 atom stereocenters. The summed E-state index contributed by atoms with van der Waals surface area (Å²) in [4.78, 5) is 4.65. The van der Waals surface area contributed by atoms with Crippen LogP contribution in [0.1, 0.15) is 10.6 Å². The molecular formula is C14H15NO2S. The summed E-state index contributed by atoms with van der Waals surface area (Å²) in [6, 6.07) is 8.33. The van der Waals surface area contributed by atoms with Gasteiger partial charge in [-0.25, -0.2) is 4.98 Å². The van der Waals surface area contributed by atoms with Crippen molar-refractivity contribution in [2.45, 2.75) is 12.3 Å². The van der Waals surface area contributed by atoms with Crippen molar-refractivity contribution in [3.8, 4) is 11.3 Å². The van der Waals surface area contributed by atoms with E-state index in [1.54, 1.807) is 11.3 Å². The second-order valence-electron chi connectivity index (χ2n) is 4.84. The van der Waals surface area contributed by atoms with Crippen LogP contribution in [0.5, 0.6) is 0 Å². The summed E-state index contributed by atoms with van der Waals surface area (Å²) in [6.45, 7) is 3.32. The molecule has 0 unspecified atom stereocenters. The maximum absolute atomic E-state index is 9.49. The van der Waals surface area contributed by atoms with E-state index in [9.17, 15) is 5.11 Å². The van der Waals surface area contributed by atoms with E-state index < -0.39 is 0 Å². The van der Waals surface area contributed by atoms with Gasteiger partial charge < -0.3 is 9.84 Å². The Balaban J connectivity index is 1.91. The van der Waals surface area contributed by atoms with E-state index in [1.165, 1.54) is 5.56 Å². The molecule has 2 aromatic rings. The molecule has 94 valence electrons. The normalized spacial score (nSPS) is 17.4. The zero-order chi connectivity index (χ0) is 12.6. The van der Waals surface area contributed by atoms with Gasteiger partial charge in [0.05, 0.1) is 30.9 Å². The van der Waals surface area contributed by atoms with Crippen LogP contribution in [0.3, 0.4) is 0 Å². The van der Waals surface area contributed by atoms with Gasteiger partial charge in [0.15, 0.2) is 0 Å². The highest BCUT2D eigenvalue weighted by Crippen LogP contribution is 2.35. The Morgan fingerprint density at radius 3 is 2.61 bits per heavy atom. The lowest BCUT2D eigenvalue weighted by Gasteiger charge is -2.37. The average molecular weight is 261 g/mol. The van der Waals surface area contributed by atoms with Crippen LogP contribution in [-0.2, 0) is 10.2 Å². The molecule has 1 aliphatic heterocycles. The SMILES string of the molecule is Cc1ccc(-c2csc(C3(CO)COC3)n2)cc1. The first kappa shape index (κ1) is 11.8. The Morgan fingerprint density at radius 2 is 2.06 bits per heavy atom. The Morgan fingerprint density at radius 1 is 1.33 bits per heavy atom. The van der Waals surface area contributed by atoms with Crippen LogP contribution in [0.15, 0.2) is 29.6 Å².